The lowest BCUT2D eigenvalue weighted by Crippen LogP contribution is -2.10. The number of rotatable bonds is 8. The summed E-state index contributed by atoms with van der Waals surface area (Å²) in [5.41, 5.74) is 5.14. The Morgan fingerprint density at radius 2 is 1.78 bits per heavy atom. The summed E-state index contributed by atoms with van der Waals surface area (Å²) in [6.45, 7) is 7.41. The van der Waals surface area contributed by atoms with Crippen molar-refractivity contribution in [2.75, 3.05) is 11.9 Å². The Morgan fingerprint density at radius 3 is 2.56 bits per heavy atom. The molecule has 1 unspecified atom stereocenters. The van der Waals surface area contributed by atoms with Gasteiger partial charge in [-0.3, -0.25) is 0 Å². The third-order valence-corrected chi connectivity index (χ3v) is 6.09. The fourth-order valence-corrected chi connectivity index (χ4v) is 4.33. The van der Waals surface area contributed by atoms with E-state index in [-0.39, 0.29) is 6.04 Å². The molecule has 0 aliphatic heterocycles. The van der Waals surface area contributed by atoms with Crippen LogP contribution in [0.3, 0.4) is 0 Å². The molecule has 0 amide bonds. The molecular weight excluding hydrogens is 398 g/mol. The predicted molar refractivity (Wildman–Crippen MR) is 129 cm³/mol. The van der Waals surface area contributed by atoms with E-state index in [2.05, 4.69) is 50.4 Å². The molecule has 0 radical (unpaired) electrons. The van der Waals surface area contributed by atoms with Crippen molar-refractivity contribution in [2.45, 2.75) is 52.5 Å². The van der Waals surface area contributed by atoms with Gasteiger partial charge in [0, 0.05) is 18.3 Å². The second-order valence-corrected chi connectivity index (χ2v) is 8.33. The fraction of sp³-hybridized carbons (Fsp3) is 0.360. The van der Waals surface area contributed by atoms with Crippen LogP contribution in [0.5, 0.6) is 0 Å². The second-order valence-electron chi connectivity index (χ2n) is 8.33. The Labute approximate surface area is 187 Å². The summed E-state index contributed by atoms with van der Waals surface area (Å²) in [4.78, 5) is 9.81. The van der Waals surface area contributed by atoms with E-state index in [4.69, 9.17) is 20.2 Å². The van der Waals surface area contributed by atoms with Crippen LogP contribution in [0.4, 0.5) is 5.82 Å². The second kappa shape index (κ2) is 8.57. The van der Waals surface area contributed by atoms with Crippen LogP contribution in [-0.2, 0) is 6.42 Å². The average molecular weight is 428 g/mol. The van der Waals surface area contributed by atoms with Gasteiger partial charge in [0.15, 0.2) is 11.3 Å². The first-order valence-corrected chi connectivity index (χ1v) is 11.5. The number of aromatic nitrogens is 6. The molecule has 0 fully saturated rings. The number of pyridine rings is 1. The van der Waals surface area contributed by atoms with Crippen molar-refractivity contribution in [3.63, 3.8) is 0 Å². The van der Waals surface area contributed by atoms with Crippen molar-refractivity contribution in [1.82, 2.24) is 29.4 Å². The summed E-state index contributed by atoms with van der Waals surface area (Å²) in [6.07, 6.45) is 10.0. The van der Waals surface area contributed by atoms with Crippen LogP contribution in [0.2, 0.25) is 0 Å². The Hall–Kier alpha value is -3.48. The highest BCUT2D eigenvalue weighted by atomic mass is 15.3. The van der Waals surface area contributed by atoms with Crippen molar-refractivity contribution in [2.24, 2.45) is 0 Å². The maximum atomic E-state index is 4.97. The zero-order valence-electron chi connectivity index (χ0n) is 18.9. The quantitative estimate of drug-likeness (QED) is 0.336. The van der Waals surface area contributed by atoms with Crippen LogP contribution in [-0.4, -0.2) is 35.9 Å². The lowest BCUT2D eigenvalue weighted by molar-refractivity contribution is 0.579. The largest absolute Gasteiger partial charge is 0.369 e. The molecule has 164 valence electrons. The summed E-state index contributed by atoms with van der Waals surface area (Å²) < 4.78 is 3.96. The molecule has 5 rings (SSSR count). The van der Waals surface area contributed by atoms with Gasteiger partial charge in [-0.1, -0.05) is 57.0 Å². The van der Waals surface area contributed by atoms with Crippen LogP contribution in [0.1, 0.15) is 57.2 Å². The lowest BCUT2D eigenvalue weighted by Gasteiger charge is -2.14. The van der Waals surface area contributed by atoms with Gasteiger partial charge >= 0.3 is 0 Å². The Kier molecular flexibility index (Phi) is 5.47. The van der Waals surface area contributed by atoms with E-state index in [1.54, 1.807) is 0 Å². The Morgan fingerprint density at radius 1 is 0.938 bits per heavy atom. The monoisotopic (exact) mass is 427 g/mol. The van der Waals surface area contributed by atoms with Gasteiger partial charge in [-0.05, 0) is 25.3 Å². The molecule has 7 nitrogen and oxygen atoms in total. The zero-order chi connectivity index (χ0) is 22.1. The maximum Gasteiger partial charge on any atom is 0.161 e. The highest BCUT2D eigenvalue weighted by Gasteiger charge is 2.20. The third-order valence-electron chi connectivity index (χ3n) is 6.09. The van der Waals surface area contributed by atoms with Gasteiger partial charge in [-0.2, -0.15) is 10.2 Å². The molecule has 0 spiro atoms. The zero-order valence-corrected chi connectivity index (χ0v) is 18.9. The number of nitrogens with one attached hydrogen (secondary N) is 1. The fourth-order valence-electron chi connectivity index (χ4n) is 4.33. The maximum absolute atomic E-state index is 4.97. The number of aryl methyl sites for hydroxylation is 1. The Bertz CT molecular complexity index is 1370. The van der Waals surface area contributed by atoms with E-state index in [1.165, 1.54) is 11.1 Å². The van der Waals surface area contributed by atoms with Crippen molar-refractivity contribution < 1.29 is 0 Å². The van der Waals surface area contributed by atoms with Gasteiger partial charge in [0.05, 0.1) is 34.7 Å². The lowest BCUT2D eigenvalue weighted by atomic mass is 10.1. The van der Waals surface area contributed by atoms with Gasteiger partial charge < -0.3 is 5.32 Å². The molecule has 0 aliphatic rings. The minimum atomic E-state index is 0.0754. The average Bonchev–Trinajstić information content (AvgIpc) is 3.44. The van der Waals surface area contributed by atoms with Crippen molar-refractivity contribution in [1.29, 1.82) is 0 Å². The molecule has 7 heteroatoms. The number of benzene rings is 1. The molecular formula is C25H29N7. The molecule has 5 aromatic rings. The van der Waals surface area contributed by atoms with Crippen molar-refractivity contribution >= 4 is 33.4 Å². The molecule has 0 saturated heterocycles. The van der Waals surface area contributed by atoms with Crippen LogP contribution < -0.4 is 5.32 Å². The van der Waals surface area contributed by atoms with Crippen LogP contribution in [0, 0.1) is 0 Å². The first-order chi connectivity index (χ1) is 15.7. The molecule has 32 heavy (non-hydrogen) atoms. The van der Waals surface area contributed by atoms with Crippen LogP contribution in [0.25, 0.3) is 27.6 Å². The Balaban J connectivity index is 1.74. The highest BCUT2D eigenvalue weighted by Crippen LogP contribution is 2.31. The number of nitrogens with zero attached hydrogens (tertiary/aromatic N) is 6. The number of anilines is 1. The normalized spacial score (nSPS) is 12.7. The van der Waals surface area contributed by atoms with E-state index in [9.17, 15) is 0 Å². The van der Waals surface area contributed by atoms with E-state index in [0.29, 0.717) is 0 Å². The summed E-state index contributed by atoms with van der Waals surface area (Å²) in [6, 6.07) is 10.5. The molecule has 0 aliphatic carbocycles. The molecule has 0 bridgehead atoms. The van der Waals surface area contributed by atoms with E-state index in [1.807, 2.05) is 33.9 Å². The van der Waals surface area contributed by atoms with Gasteiger partial charge in [0.2, 0.25) is 0 Å². The molecule has 4 aromatic heterocycles. The molecule has 1 atom stereocenters. The molecule has 4 heterocycles. The smallest absolute Gasteiger partial charge is 0.161 e. The topological polar surface area (TPSA) is 72.9 Å². The third kappa shape index (κ3) is 3.38. The number of fused-ring (bicyclic) bond motifs is 5. The number of unbranched alkanes of at least 4 members (excludes halogenated alkanes) is 1. The predicted octanol–water partition coefficient (Wildman–Crippen LogP) is 5.40. The molecule has 1 N–H and O–H groups in total. The first kappa shape index (κ1) is 20.4. The highest BCUT2D eigenvalue weighted by molar-refractivity contribution is 6.06. The van der Waals surface area contributed by atoms with Crippen LogP contribution in [0.15, 0.2) is 48.9 Å². The van der Waals surface area contributed by atoms with Crippen LogP contribution >= 0.6 is 0 Å². The van der Waals surface area contributed by atoms with E-state index in [0.717, 1.165) is 65.6 Å². The molecule has 1 aromatic carbocycles. The summed E-state index contributed by atoms with van der Waals surface area (Å²) in [5.74, 6) is 0.872. The van der Waals surface area contributed by atoms with Crippen molar-refractivity contribution in [3.05, 3.63) is 60.0 Å². The summed E-state index contributed by atoms with van der Waals surface area (Å²) in [7, 11) is 0. The van der Waals surface area contributed by atoms with E-state index >= 15 is 0 Å². The van der Waals surface area contributed by atoms with E-state index < -0.39 is 0 Å². The SMILES string of the molecule is CCCCNc1nc2c(CCC)cnn2c2c1cnc1c2cnn1C(C)c1ccccc1. The minimum Gasteiger partial charge on any atom is -0.369 e. The van der Waals surface area contributed by atoms with Crippen molar-refractivity contribution in [3.8, 4) is 0 Å². The van der Waals surface area contributed by atoms with Gasteiger partial charge in [-0.15, -0.1) is 0 Å². The standard InChI is InChI=1S/C25H29N7/c1-4-6-13-26-23-20-15-27-25-21(16-29-31(25)17(3)18-11-8-7-9-12-18)22(20)32-24(30-23)19(10-5-2)14-28-32/h7-9,11-12,14-17H,4-6,10,13H2,1-3H3,(H,26,30). The number of hydrogen-bond acceptors (Lipinski definition) is 5. The minimum absolute atomic E-state index is 0.0754. The summed E-state index contributed by atoms with van der Waals surface area (Å²) >= 11 is 0. The number of hydrogen-bond donors (Lipinski definition) is 1. The first-order valence-electron chi connectivity index (χ1n) is 11.5. The van der Waals surface area contributed by atoms with Gasteiger partial charge in [0.25, 0.3) is 0 Å². The summed E-state index contributed by atoms with van der Waals surface area (Å²) in [5, 5.41) is 15.0. The molecule has 0 saturated carbocycles. The van der Waals surface area contributed by atoms with Gasteiger partial charge in [0.1, 0.15) is 5.82 Å². The van der Waals surface area contributed by atoms with Gasteiger partial charge in [-0.25, -0.2) is 19.2 Å².